The summed E-state index contributed by atoms with van der Waals surface area (Å²) >= 11 is 0. The number of rotatable bonds is 2. The number of nitrogens with zero attached hydrogens (tertiary/aromatic N) is 2. The van der Waals surface area contributed by atoms with Gasteiger partial charge in [-0.05, 0) is 56.0 Å². The smallest absolute Gasteiger partial charge is 0.123 e. The summed E-state index contributed by atoms with van der Waals surface area (Å²) < 4.78 is 0. The lowest BCUT2D eigenvalue weighted by atomic mass is 9.95. The molecule has 1 aromatic heterocycles. The van der Waals surface area contributed by atoms with E-state index in [9.17, 15) is 0 Å². The summed E-state index contributed by atoms with van der Waals surface area (Å²) in [6, 6.07) is 2.01. The second-order valence-electron chi connectivity index (χ2n) is 5.97. The summed E-state index contributed by atoms with van der Waals surface area (Å²) in [5.74, 6) is 1.54. The molecule has 0 spiro atoms. The van der Waals surface area contributed by atoms with Crippen LogP contribution in [0.1, 0.15) is 29.7 Å². The molecule has 104 valence electrons. The van der Waals surface area contributed by atoms with Gasteiger partial charge in [0.25, 0.3) is 0 Å². The first-order valence-electron chi connectivity index (χ1n) is 7.40. The van der Waals surface area contributed by atoms with Crippen molar-refractivity contribution in [2.24, 2.45) is 5.92 Å². The van der Waals surface area contributed by atoms with Crippen LogP contribution in [0.3, 0.4) is 0 Å². The Morgan fingerprint density at radius 2 is 2.21 bits per heavy atom. The second kappa shape index (κ2) is 5.47. The highest BCUT2D eigenvalue weighted by Gasteiger charge is 2.23. The van der Waals surface area contributed by atoms with Crippen molar-refractivity contribution >= 4 is 5.82 Å². The van der Waals surface area contributed by atoms with Crippen molar-refractivity contribution < 1.29 is 0 Å². The molecule has 1 fully saturated rings. The molecule has 2 aliphatic rings. The standard InChI is InChI=1S/C15H24N4/c1-11-8-15(16)18-14-4-7-19(10-13(11)14)9-12-2-5-17-6-3-12/h8,12,17H,2-7,9-10H2,1H3,(H2,16,18). The van der Waals surface area contributed by atoms with Crippen molar-refractivity contribution in [2.75, 3.05) is 31.9 Å². The Bertz CT molecular complexity index is 452. The van der Waals surface area contributed by atoms with Crippen molar-refractivity contribution in [2.45, 2.75) is 32.7 Å². The summed E-state index contributed by atoms with van der Waals surface area (Å²) in [5, 5.41) is 3.44. The van der Waals surface area contributed by atoms with E-state index >= 15 is 0 Å². The van der Waals surface area contributed by atoms with Crippen LogP contribution in [-0.4, -0.2) is 36.1 Å². The molecule has 0 aliphatic carbocycles. The number of pyridine rings is 1. The summed E-state index contributed by atoms with van der Waals surface area (Å²) in [4.78, 5) is 7.10. The van der Waals surface area contributed by atoms with Gasteiger partial charge in [-0.25, -0.2) is 4.98 Å². The Hall–Kier alpha value is -1.13. The third kappa shape index (κ3) is 2.90. The van der Waals surface area contributed by atoms with Crippen LogP contribution in [0.2, 0.25) is 0 Å². The lowest BCUT2D eigenvalue weighted by Crippen LogP contribution is -2.39. The van der Waals surface area contributed by atoms with Crippen molar-refractivity contribution in [1.82, 2.24) is 15.2 Å². The maximum Gasteiger partial charge on any atom is 0.123 e. The molecule has 4 nitrogen and oxygen atoms in total. The molecule has 0 bridgehead atoms. The summed E-state index contributed by atoms with van der Waals surface area (Å²) in [6.07, 6.45) is 3.69. The van der Waals surface area contributed by atoms with Crippen molar-refractivity contribution in [1.29, 1.82) is 0 Å². The van der Waals surface area contributed by atoms with Crippen LogP contribution in [0.25, 0.3) is 0 Å². The van der Waals surface area contributed by atoms with E-state index in [-0.39, 0.29) is 0 Å². The number of nitrogen functional groups attached to an aromatic ring is 1. The van der Waals surface area contributed by atoms with Gasteiger partial charge < -0.3 is 11.1 Å². The first-order chi connectivity index (χ1) is 9.22. The Kier molecular flexibility index (Phi) is 3.71. The third-order valence-corrected chi connectivity index (χ3v) is 4.47. The number of piperidine rings is 1. The first kappa shape index (κ1) is 12.9. The fourth-order valence-electron chi connectivity index (χ4n) is 3.37. The van der Waals surface area contributed by atoms with Gasteiger partial charge in [0.15, 0.2) is 0 Å². The third-order valence-electron chi connectivity index (χ3n) is 4.47. The van der Waals surface area contributed by atoms with Gasteiger partial charge in [-0.1, -0.05) is 0 Å². The summed E-state index contributed by atoms with van der Waals surface area (Å²) in [6.45, 7) is 7.96. The number of nitrogens with one attached hydrogen (secondary N) is 1. The van der Waals surface area contributed by atoms with Gasteiger partial charge in [0.1, 0.15) is 5.82 Å². The lowest BCUT2D eigenvalue weighted by molar-refractivity contribution is 0.190. The number of hydrogen-bond donors (Lipinski definition) is 2. The molecular formula is C15H24N4. The SMILES string of the molecule is Cc1cc(N)nc2c1CN(CC1CCNCC1)CC2. The summed E-state index contributed by atoms with van der Waals surface area (Å²) in [7, 11) is 0. The molecule has 0 radical (unpaired) electrons. The molecule has 0 unspecified atom stereocenters. The van der Waals surface area contributed by atoms with E-state index in [1.165, 1.54) is 49.3 Å². The highest BCUT2D eigenvalue weighted by atomic mass is 15.1. The predicted molar refractivity (Wildman–Crippen MR) is 78.0 cm³/mol. The average molecular weight is 260 g/mol. The maximum atomic E-state index is 5.84. The minimum absolute atomic E-state index is 0.669. The molecule has 0 amide bonds. The zero-order valence-electron chi connectivity index (χ0n) is 11.8. The Balaban J connectivity index is 1.68. The highest BCUT2D eigenvalue weighted by molar-refractivity contribution is 5.41. The quantitative estimate of drug-likeness (QED) is 0.842. The van der Waals surface area contributed by atoms with Crippen molar-refractivity contribution in [3.63, 3.8) is 0 Å². The molecule has 1 aromatic rings. The normalized spacial score (nSPS) is 21.3. The molecule has 0 atom stereocenters. The number of fused-ring (bicyclic) bond motifs is 1. The monoisotopic (exact) mass is 260 g/mol. The molecular weight excluding hydrogens is 236 g/mol. The van der Waals surface area contributed by atoms with Crippen LogP contribution >= 0.6 is 0 Å². The van der Waals surface area contributed by atoms with Gasteiger partial charge in [-0.3, -0.25) is 4.90 Å². The molecule has 3 heterocycles. The maximum absolute atomic E-state index is 5.84. The Morgan fingerprint density at radius 1 is 1.42 bits per heavy atom. The van der Waals surface area contributed by atoms with Crippen molar-refractivity contribution in [3.05, 3.63) is 22.9 Å². The van der Waals surface area contributed by atoms with Gasteiger partial charge in [0.05, 0.1) is 0 Å². The number of hydrogen-bond acceptors (Lipinski definition) is 4. The fourth-order valence-corrected chi connectivity index (χ4v) is 3.37. The predicted octanol–water partition coefficient (Wildman–Crippen LogP) is 1.33. The van der Waals surface area contributed by atoms with Gasteiger partial charge >= 0.3 is 0 Å². The van der Waals surface area contributed by atoms with E-state index in [4.69, 9.17) is 5.73 Å². The van der Waals surface area contributed by atoms with E-state index in [0.29, 0.717) is 5.82 Å². The number of aryl methyl sites for hydroxylation is 1. The second-order valence-corrected chi connectivity index (χ2v) is 5.97. The Morgan fingerprint density at radius 3 is 3.00 bits per heavy atom. The van der Waals surface area contributed by atoms with Crippen molar-refractivity contribution in [3.8, 4) is 0 Å². The van der Waals surface area contributed by atoms with E-state index in [1.54, 1.807) is 0 Å². The van der Waals surface area contributed by atoms with Crippen LogP contribution < -0.4 is 11.1 Å². The topological polar surface area (TPSA) is 54.2 Å². The lowest BCUT2D eigenvalue weighted by Gasteiger charge is -2.33. The van der Waals surface area contributed by atoms with Gasteiger partial charge in [0, 0.05) is 31.7 Å². The minimum Gasteiger partial charge on any atom is -0.384 e. The highest BCUT2D eigenvalue weighted by Crippen LogP contribution is 2.24. The number of nitrogens with two attached hydrogens (primary N) is 1. The van der Waals surface area contributed by atoms with Crippen LogP contribution in [0.5, 0.6) is 0 Å². The molecule has 2 aliphatic heterocycles. The largest absolute Gasteiger partial charge is 0.384 e. The zero-order chi connectivity index (χ0) is 13.2. The number of anilines is 1. The van der Waals surface area contributed by atoms with E-state index in [2.05, 4.69) is 22.1 Å². The fraction of sp³-hybridized carbons (Fsp3) is 0.667. The van der Waals surface area contributed by atoms with Gasteiger partial charge in [-0.15, -0.1) is 0 Å². The van der Waals surface area contributed by atoms with Crippen LogP contribution in [-0.2, 0) is 13.0 Å². The van der Waals surface area contributed by atoms with Gasteiger partial charge in [0.2, 0.25) is 0 Å². The molecule has 19 heavy (non-hydrogen) atoms. The first-order valence-corrected chi connectivity index (χ1v) is 7.40. The number of aromatic nitrogens is 1. The molecule has 3 rings (SSSR count). The van der Waals surface area contributed by atoms with E-state index in [1.807, 2.05) is 6.07 Å². The Labute approximate surface area is 115 Å². The summed E-state index contributed by atoms with van der Waals surface area (Å²) in [5.41, 5.74) is 9.77. The molecule has 1 saturated heterocycles. The minimum atomic E-state index is 0.669. The zero-order valence-corrected chi connectivity index (χ0v) is 11.8. The van der Waals surface area contributed by atoms with E-state index in [0.717, 1.165) is 25.4 Å². The van der Waals surface area contributed by atoms with E-state index < -0.39 is 0 Å². The molecule has 0 saturated carbocycles. The van der Waals surface area contributed by atoms with Crippen LogP contribution in [0.4, 0.5) is 5.82 Å². The van der Waals surface area contributed by atoms with Crippen LogP contribution in [0.15, 0.2) is 6.07 Å². The van der Waals surface area contributed by atoms with Gasteiger partial charge in [-0.2, -0.15) is 0 Å². The van der Waals surface area contributed by atoms with Crippen LogP contribution in [0, 0.1) is 12.8 Å². The molecule has 3 N–H and O–H groups in total. The molecule has 0 aromatic carbocycles. The average Bonchev–Trinajstić information content (AvgIpc) is 2.40. The molecule has 4 heteroatoms.